The Bertz CT molecular complexity index is 391. The largest absolute Gasteiger partial charge is 0.477 e. The summed E-state index contributed by atoms with van der Waals surface area (Å²) in [6, 6.07) is 0. The van der Waals surface area contributed by atoms with Crippen LogP contribution in [0.3, 0.4) is 0 Å². The summed E-state index contributed by atoms with van der Waals surface area (Å²) < 4.78 is 0. The van der Waals surface area contributed by atoms with Crippen LogP contribution in [0.5, 0.6) is 0 Å². The summed E-state index contributed by atoms with van der Waals surface area (Å²) in [7, 11) is 0. The normalized spacial score (nSPS) is 29.7. The molecular formula is C9H10N2O3S. The van der Waals surface area contributed by atoms with Gasteiger partial charge in [0.25, 0.3) is 0 Å². The molecule has 2 aliphatic rings. The molecule has 6 heteroatoms. The maximum absolute atomic E-state index is 11.3. The van der Waals surface area contributed by atoms with E-state index in [1.54, 1.807) is 0 Å². The van der Waals surface area contributed by atoms with Gasteiger partial charge < -0.3 is 10.8 Å². The molecule has 0 aromatic carbocycles. The summed E-state index contributed by atoms with van der Waals surface area (Å²) in [5.74, 6) is -1.30. The van der Waals surface area contributed by atoms with E-state index in [-0.39, 0.29) is 17.0 Å². The van der Waals surface area contributed by atoms with Crippen molar-refractivity contribution in [2.45, 2.75) is 17.2 Å². The number of β-lactam (4-membered cyclic amide) rings is 1. The number of nitrogens with two attached hydrogens (primary N) is 1. The molecule has 0 aromatic rings. The van der Waals surface area contributed by atoms with Crippen LogP contribution in [0.2, 0.25) is 0 Å². The Morgan fingerprint density at radius 3 is 2.87 bits per heavy atom. The zero-order chi connectivity index (χ0) is 11.2. The summed E-state index contributed by atoms with van der Waals surface area (Å²) in [5.41, 5.74) is 6.18. The molecule has 0 aromatic heterocycles. The number of amides is 1. The average molecular weight is 226 g/mol. The molecular weight excluding hydrogens is 216 g/mol. The third-order valence-corrected chi connectivity index (χ3v) is 3.69. The molecule has 15 heavy (non-hydrogen) atoms. The number of hydrogen-bond donors (Lipinski definition) is 2. The molecule has 0 bridgehead atoms. The molecule has 0 spiro atoms. The standard InChI is InChI=1S/C9H10N2O3S/c1-2-4-7(9(13)14)11-5(12)3-6(11)15-8(4)10/h2,6,8H,1,3,10H2,(H,13,14)/t6-,8?/m1/s1. The van der Waals surface area contributed by atoms with Gasteiger partial charge in [-0.05, 0) is 0 Å². The van der Waals surface area contributed by atoms with E-state index in [1.165, 1.54) is 22.7 Å². The number of carbonyl (C=O) groups is 2. The van der Waals surface area contributed by atoms with Gasteiger partial charge in [-0.3, -0.25) is 9.69 Å². The lowest BCUT2D eigenvalue weighted by molar-refractivity contribution is -0.146. The highest BCUT2D eigenvalue weighted by atomic mass is 32.2. The Kier molecular flexibility index (Phi) is 2.32. The minimum absolute atomic E-state index is 0.0162. The second kappa shape index (κ2) is 3.39. The molecule has 3 N–H and O–H groups in total. The molecule has 2 atom stereocenters. The fourth-order valence-electron chi connectivity index (χ4n) is 1.72. The first kappa shape index (κ1) is 10.3. The number of carboxylic acid groups (broad SMARTS) is 1. The van der Waals surface area contributed by atoms with E-state index in [1.807, 2.05) is 0 Å². The molecule has 0 radical (unpaired) electrons. The van der Waals surface area contributed by atoms with Crippen LogP contribution >= 0.6 is 11.8 Å². The van der Waals surface area contributed by atoms with E-state index in [0.717, 1.165) is 0 Å². The fraction of sp³-hybridized carbons (Fsp3) is 0.333. The van der Waals surface area contributed by atoms with Crippen LogP contribution in [0.15, 0.2) is 23.9 Å². The number of nitrogens with zero attached hydrogens (tertiary/aromatic N) is 1. The quantitative estimate of drug-likeness (QED) is 0.652. The van der Waals surface area contributed by atoms with Gasteiger partial charge >= 0.3 is 5.97 Å². The summed E-state index contributed by atoms with van der Waals surface area (Å²) in [6.07, 6.45) is 1.77. The monoisotopic (exact) mass is 226 g/mol. The Morgan fingerprint density at radius 1 is 1.73 bits per heavy atom. The summed E-state index contributed by atoms with van der Waals surface area (Å²) >= 11 is 1.38. The Morgan fingerprint density at radius 2 is 2.40 bits per heavy atom. The number of rotatable bonds is 2. The van der Waals surface area contributed by atoms with E-state index in [4.69, 9.17) is 10.8 Å². The smallest absolute Gasteiger partial charge is 0.353 e. The molecule has 0 saturated carbocycles. The third-order valence-electron chi connectivity index (χ3n) is 2.45. The van der Waals surface area contributed by atoms with Crippen LogP contribution in [0.25, 0.3) is 0 Å². The topological polar surface area (TPSA) is 83.6 Å². The molecule has 0 aliphatic carbocycles. The lowest BCUT2D eigenvalue weighted by Gasteiger charge is -2.45. The van der Waals surface area contributed by atoms with Crippen molar-refractivity contribution in [1.29, 1.82) is 0 Å². The van der Waals surface area contributed by atoms with Gasteiger partial charge in [-0.2, -0.15) is 0 Å². The van der Waals surface area contributed by atoms with Crippen LogP contribution in [0.4, 0.5) is 0 Å². The average Bonchev–Trinajstić information content (AvgIpc) is 2.15. The minimum atomic E-state index is -1.13. The number of carbonyl (C=O) groups excluding carboxylic acids is 1. The van der Waals surface area contributed by atoms with Gasteiger partial charge in [-0.1, -0.05) is 12.7 Å². The number of aliphatic carboxylic acids is 1. The molecule has 5 nitrogen and oxygen atoms in total. The highest BCUT2D eigenvalue weighted by molar-refractivity contribution is 8.00. The van der Waals surface area contributed by atoms with Gasteiger partial charge in [0.1, 0.15) is 5.70 Å². The zero-order valence-electron chi connectivity index (χ0n) is 7.84. The van der Waals surface area contributed by atoms with Crippen LogP contribution in [-0.4, -0.2) is 32.6 Å². The van der Waals surface area contributed by atoms with Crippen molar-refractivity contribution in [2.24, 2.45) is 5.73 Å². The predicted octanol–water partition coefficient (Wildman–Crippen LogP) is 0.101. The summed E-state index contributed by atoms with van der Waals surface area (Å²) in [5, 5.41) is 8.50. The lowest BCUT2D eigenvalue weighted by atomic mass is 10.1. The first-order valence-electron chi connectivity index (χ1n) is 4.39. The third kappa shape index (κ3) is 1.37. The fourth-order valence-corrected chi connectivity index (χ4v) is 3.00. The number of hydrogen-bond acceptors (Lipinski definition) is 4. The highest BCUT2D eigenvalue weighted by Gasteiger charge is 2.47. The summed E-state index contributed by atoms with van der Waals surface area (Å²) in [4.78, 5) is 23.6. The maximum Gasteiger partial charge on any atom is 0.353 e. The maximum atomic E-state index is 11.3. The van der Waals surface area contributed by atoms with E-state index in [9.17, 15) is 9.59 Å². The number of fused-ring (bicyclic) bond motifs is 1. The van der Waals surface area contributed by atoms with E-state index < -0.39 is 11.3 Å². The molecule has 1 fully saturated rings. The predicted molar refractivity (Wildman–Crippen MR) is 55.7 cm³/mol. The van der Waals surface area contributed by atoms with Crippen molar-refractivity contribution in [3.63, 3.8) is 0 Å². The van der Waals surface area contributed by atoms with Crippen molar-refractivity contribution < 1.29 is 14.7 Å². The molecule has 2 rings (SSSR count). The zero-order valence-corrected chi connectivity index (χ0v) is 8.66. The second-order valence-electron chi connectivity index (χ2n) is 3.29. The van der Waals surface area contributed by atoms with Gasteiger partial charge in [-0.25, -0.2) is 4.79 Å². The van der Waals surface area contributed by atoms with Gasteiger partial charge in [0, 0.05) is 5.57 Å². The molecule has 2 aliphatic heterocycles. The lowest BCUT2D eigenvalue weighted by Crippen LogP contribution is -2.56. The van der Waals surface area contributed by atoms with Crippen LogP contribution in [0.1, 0.15) is 6.42 Å². The van der Waals surface area contributed by atoms with Gasteiger partial charge in [0.2, 0.25) is 5.91 Å². The molecule has 2 heterocycles. The second-order valence-corrected chi connectivity index (χ2v) is 4.62. The minimum Gasteiger partial charge on any atom is -0.477 e. The van der Waals surface area contributed by atoms with Gasteiger partial charge in [0.15, 0.2) is 0 Å². The van der Waals surface area contributed by atoms with E-state index >= 15 is 0 Å². The number of carboxylic acids is 1. The van der Waals surface area contributed by atoms with Crippen molar-refractivity contribution in [1.82, 2.24) is 4.90 Å². The SMILES string of the molecule is C=CC1=C(C(=O)O)N2C(=O)C[C@H]2SC1N. The molecule has 1 saturated heterocycles. The van der Waals surface area contributed by atoms with Crippen molar-refractivity contribution in [3.8, 4) is 0 Å². The Labute approximate surface area is 90.6 Å². The van der Waals surface area contributed by atoms with Crippen molar-refractivity contribution in [3.05, 3.63) is 23.9 Å². The van der Waals surface area contributed by atoms with Crippen LogP contribution in [0, 0.1) is 0 Å². The van der Waals surface area contributed by atoms with E-state index in [0.29, 0.717) is 12.0 Å². The first-order chi connectivity index (χ1) is 7.06. The molecule has 1 unspecified atom stereocenters. The Balaban J connectivity index is 2.49. The van der Waals surface area contributed by atoms with Crippen molar-refractivity contribution in [2.75, 3.05) is 0 Å². The van der Waals surface area contributed by atoms with Gasteiger partial charge in [-0.15, -0.1) is 11.8 Å². The first-order valence-corrected chi connectivity index (χ1v) is 5.33. The van der Waals surface area contributed by atoms with E-state index in [2.05, 4.69) is 6.58 Å². The van der Waals surface area contributed by atoms with Crippen LogP contribution < -0.4 is 5.73 Å². The highest BCUT2D eigenvalue weighted by Crippen LogP contribution is 2.42. The van der Waals surface area contributed by atoms with Gasteiger partial charge in [0.05, 0.1) is 17.2 Å². The summed E-state index contributed by atoms with van der Waals surface area (Å²) in [6.45, 7) is 3.52. The molecule has 80 valence electrons. The number of thioether (sulfide) groups is 1. The van der Waals surface area contributed by atoms with Crippen LogP contribution in [-0.2, 0) is 9.59 Å². The van der Waals surface area contributed by atoms with Crippen molar-refractivity contribution >= 4 is 23.6 Å². The molecule has 1 amide bonds. The Hall–Kier alpha value is -1.27.